The topological polar surface area (TPSA) is 72.5 Å². The summed E-state index contributed by atoms with van der Waals surface area (Å²) in [5.74, 6) is -2.01. The van der Waals surface area contributed by atoms with Gasteiger partial charge in [-0.3, -0.25) is 14.4 Å². The van der Waals surface area contributed by atoms with Gasteiger partial charge in [0.05, 0.1) is 17.0 Å². The van der Waals surface area contributed by atoms with Crippen LogP contribution in [0.5, 0.6) is 0 Å². The Kier molecular flexibility index (Phi) is 6.41. The molecule has 1 aromatic heterocycles. The molecule has 1 atom stereocenters. The molecule has 0 aliphatic carbocycles. The predicted octanol–water partition coefficient (Wildman–Crippen LogP) is 3.73. The number of hydrogen-bond donors (Lipinski definition) is 1. The molecule has 0 aliphatic rings. The number of amides is 1. The molecule has 0 bridgehead atoms. The van der Waals surface area contributed by atoms with Gasteiger partial charge in [0, 0.05) is 11.3 Å². The molecular weight excluding hydrogens is 345 g/mol. The molecule has 0 saturated carbocycles. The Morgan fingerprint density at radius 3 is 2.52 bits per heavy atom. The van der Waals surface area contributed by atoms with Gasteiger partial charge in [-0.15, -0.1) is 11.3 Å². The van der Waals surface area contributed by atoms with E-state index in [1.807, 2.05) is 13.0 Å². The standard InChI is InChI=1S/C18H18FNO4S/c1-11-7-9-16(25-11)15(21)8-10-17(22)24-12(2)18(23)20-14-6-4-3-5-13(14)19/h3-7,9,12H,8,10H2,1-2H3,(H,20,23)/t12-/m1/s1. The lowest BCUT2D eigenvalue weighted by atomic mass is 10.2. The second kappa shape index (κ2) is 8.53. The molecule has 25 heavy (non-hydrogen) atoms. The molecule has 7 heteroatoms. The summed E-state index contributed by atoms with van der Waals surface area (Å²) < 4.78 is 18.5. The fraction of sp³-hybridized carbons (Fsp3) is 0.278. The predicted molar refractivity (Wildman–Crippen MR) is 93.2 cm³/mol. The van der Waals surface area contributed by atoms with E-state index in [9.17, 15) is 18.8 Å². The van der Waals surface area contributed by atoms with Crippen molar-refractivity contribution in [1.82, 2.24) is 0 Å². The van der Waals surface area contributed by atoms with Crippen LogP contribution < -0.4 is 5.32 Å². The Bertz CT molecular complexity index is 787. The van der Waals surface area contributed by atoms with Crippen molar-refractivity contribution < 1.29 is 23.5 Å². The van der Waals surface area contributed by atoms with Gasteiger partial charge in [0.2, 0.25) is 0 Å². The molecule has 0 aliphatic heterocycles. The van der Waals surface area contributed by atoms with Crippen LogP contribution in [0.3, 0.4) is 0 Å². The highest BCUT2D eigenvalue weighted by Gasteiger charge is 2.20. The Morgan fingerprint density at radius 2 is 1.88 bits per heavy atom. The van der Waals surface area contributed by atoms with E-state index in [0.29, 0.717) is 4.88 Å². The Labute approximate surface area is 148 Å². The van der Waals surface area contributed by atoms with Crippen molar-refractivity contribution in [2.75, 3.05) is 5.32 Å². The number of nitrogens with one attached hydrogen (secondary N) is 1. The van der Waals surface area contributed by atoms with Gasteiger partial charge >= 0.3 is 5.97 Å². The van der Waals surface area contributed by atoms with E-state index in [-0.39, 0.29) is 24.3 Å². The van der Waals surface area contributed by atoms with Gasteiger partial charge in [-0.2, -0.15) is 0 Å². The number of rotatable bonds is 7. The first-order valence-electron chi connectivity index (χ1n) is 7.71. The summed E-state index contributed by atoms with van der Waals surface area (Å²) >= 11 is 1.37. The third kappa shape index (κ3) is 5.49. The number of ketones is 1. The van der Waals surface area contributed by atoms with Crippen LogP contribution in [0, 0.1) is 12.7 Å². The normalized spacial score (nSPS) is 11.6. The van der Waals surface area contributed by atoms with Gasteiger partial charge in [0.25, 0.3) is 5.91 Å². The number of benzene rings is 1. The molecule has 2 rings (SSSR count). The fourth-order valence-electron chi connectivity index (χ4n) is 2.03. The average molecular weight is 363 g/mol. The summed E-state index contributed by atoms with van der Waals surface area (Å²) in [5, 5.41) is 2.35. The summed E-state index contributed by atoms with van der Waals surface area (Å²) in [5.41, 5.74) is 0.0126. The van der Waals surface area contributed by atoms with Crippen LogP contribution in [0.15, 0.2) is 36.4 Å². The average Bonchev–Trinajstić information content (AvgIpc) is 3.01. The lowest BCUT2D eigenvalue weighted by Crippen LogP contribution is -2.30. The summed E-state index contributed by atoms with van der Waals surface area (Å²) in [6.45, 7) is 3.28. The number of hydrogen-bond acceptors (Lipinski definition) is 5. The first kappa shape index (κ1) is 18.8. The minimum Gasteiger partial charge on any atom is -0.453 e. The van der Waals surface area contributed by atoms with Gasteiger partial charge in [-0.25, -0.2) is 4.39 Å². The van der Waals surface area contributed by atoms with Crippen LogP contribution in [0.4, 0.5) is 10.1 Å². The molecule has 0 unspecified atom stereocenters. The minimum absolute atomic E-state index is 0.0126. The maximum absolute atomic E-state index is 13.5. The SMILES string of the molecule is Cc1ccc(C(=O)CCC(=O)O[C@H](C)C(=O)Nc2ccccc2F)s1. The first-order valence-corrected chi connectivity index (χ1v) is 8.53. The van der Waals surface area contributed by atoms with E-state index in [1.54, 1.807) is 12.1 Å². The van der Waals surface area contributed by atoms with Gasteiger partial charge < -0.3 is 10.1 Å². The second-order valence-corrected chi connectivity index (χ2v) is 6.72. The highest BCUT2D eigenvalue weighted by atomic mass is 32.1. The zero-order chi connectivity index (χ0) is 18.4. The third-order valence-electron chi connectivity index (χ3n) is 3.38. The number of Topliss-reactive ketones (excluding diaryl/α,β-unsaturated/α-hetero) is 1. The highest BCUT2D eigenvalue weighted by molar-refractivity contribution is 7.14. The molecule has 0 spiro atoms. The van der Waals surface area contributed by atoms with Crippen molar-refractivity contribution in [3.8, 4) is 0 Å². The van der Waals surface area contributed by atoms with Gasteiger partial charge in [0.15, 0.2) is 11.9 Å². The lowest BCUT2D eigenvalue weighted by Gasteiger charge is -2.13. The van der Waals surface area contributed by atoms with Crippen LogP contribution in [0.2, 0.25) is 0 Å². The summed E-state index contributed by atoms with van der Waals surface area (Å²) in [4.78, 5) is 37.3. The van der Waals surface area contributed by atoms with Crippen LogP contribution in [-0.4, -0.2) is 23.8 Å². The molecule has 2 aromatic rings. The van der Waals surface area contributed by atoms with Crippen molar-refractivity contribution in [3.05, 3.63) is 52.0 Å². The molecule has 1 N–H and O–H groups in total. The summed E-state index contributed by atoms with van der Waals surface area (Å²) in [7, 11) is 0. The molecule has 0 radical (unpaired) electrons. The van der Waals surface area contributed by atoms with Crippen LogP contribution in [0.25, 0.3) is 0 Å². The second-order valence-electron chi connectivity index (χ2n) is 5.43. The van der Waals surface area contributed by atoms with Crippen LogP contribution >= 0.6 is 11.3 Å². The van der Waals surface area contributed by atoms with E-state index in [4.69, 9.17) is 4.74 Å². The van der Waals surface area contributed by atoms with Crippen LogP contribution in [0.1, 0.15) is 34.3 Å². The van der Waals surface area contributed by atoms with Crippen molar-refractivity contribution in [3.63, 3.8) is 0 Å². The number of para-hydroxylation sites is 1. The number of carbonyl (C=O) groups excluding carboxylic acids is 3. The maximum atomic E-state index is 13.5. The van der Waals surface area contributed by atoms with Crippen molar-refractivity contribution >= 4 is 34.7 Å². The van der Waals surface area contributed by atoms with Crippen molar-refractivity contribution in [2.45, 2.75) is 32.8 Å². The molecule has 132 valence electrons. The fourth-order valence-corrected chi connectivity index (χ4v) is 2.86. The number of esters is 1. The molecule has 1 heterocycles. The monoisotopic (exact) mass is 363 g/mol. The van der Waals surface area contributed by atoms with Gasteiger partial charge in [-0.05, 0) is 38.1 Å². The maximum Gasteiger partial charge on any atom is 0.307 e. The highest BCUT2D eigenvalue weighted by Crippen LogP contribution is 2.18. The Morgan fingerprint density at radius 1 is 1.16 bits per heavy atom. The van der Waals surface area contributed by atoms with E-state index in [2.05, 4.69) is 5.32 Å². The van der Waals surface area contributed by atoms with E-state index in [0.717, 1.165) is 4.88 Å². The summed E-state index contributed by atoms with van der Waals surface area (Å²) in [6, 6.07) is 9.25. The molecule has 1 amide bonds. The van der Waals surface area contributed by atoms with Crippen molar-refractivity contribution in [2.24, 2.45) is 0 Å². The smallest absolute Gasteiger partial charge is 0.307 e. The Hall–Kier alpha value is -2.54. The number of halogens is 1. The van der Waals surface area contributed by atoms with Crippen molar-refractivity contribution in [1.29, 1.82) is 0 Å². The molecule has 5 nitrogen and oxygen atoms in total. The zero-order valence-electron chi connectivity index (χ0n) is 13.9. The zero-order valence-corrected chi connectivity index (χ0v) is 14.7. The number of thiophene rings is 1. The largest absolute Gasteiger partial charge is 0.453 e. The molecular formula is C18H18FNO4S. The number of aryl methyl sites for hydroxylation is 1. The Balaban J connectivity index is 1.80. The molecule has 0 fully saturated rings. The number of ether oxygens (including phenoxy) is 1. The molecule has 0 saturated heterocycles. The number of anilines is 1. The third-order valence-corrected chi connectivity index (χ3v) is 4.42. The van der Waals surface area contributed by atoms with E-state index < -0.39 is 23.8 Å². The summed E-state index contributed by atoms with van der Waals surface area (Å²) in [6.07, 6.45) is -1.20. The minimum atomic E-state index is -1.09. The van der Waals surface area contributed by atoms with Gasteiger partial charge in [0.1, 0.15) is 5.82 Å². The van der Waals surface area contributed by atoms with Crippen LogP contribution in [-0.2, 0) is 14.3 Å². The van der Waals surface area contributed by atoms with E-state index in [1.165, 1.54) is 36.5 Å². The number of carbonyl (C=O) groups is 3. The molecule has 1 aromatic carbocycles. The first-order chi connectivity index (χ1) is 11.9. The quantitative estimate of drug-likeness (QED) is 0.601. The van der Waals surface area contributed by atoms with Gasteiger partial charge in [-0.1, -0.05) is 12.1 Å². The van der Waals surface area contributed by atoms with E-state index >= 15 is 0 Å². The lowest BCUT2D eigenvalue weighted by molar-refractivity contribution is -0.153.